The van der Waals surface area contributed by atoms with Crippen LogP contribution in [0.5, 0.6) is 0 Å². The predicted octanol–water partition coefficient (Wildman–Crippen LogP) is 4.11. The van der Waals surface area contributed by atoms with Gasteiger partial charge in [0.05, 0.1) is 17.2 Å². The number of anilines is 1. The molecule has 0 bridgehead atoms. The van der Waals surface area contributed by atoms with Gasteiger partial charge in [0, 0.05) is 11.8 Å². The second-order valence-electron chi connectivity index (χ2n) is 5.84. The molecule has 1 N–H and O–H groups in total. The highest BCUT2D eigenvalue weighted by atomic mass is 19.4. The van der Waals surface area contributed by atoms with Crippen molar-refractivity contribution in [3.05, 3.63) is 57.5 Å². The summed E-state index contributed by atoms with van der Waals surface area (Å²) < 4.78 is 78.1. The van der Waals surface area contributed by atoms with E-state index in [4.69, 9.17) is 0 Å². The Labute approximate surface area is 148 Å². The summed E-state index contributed by atoms with van der Waals surface area (Å²) in [7, 11) is 0. The van der Waals surface area contributed by atoms with E-state index < -0.39 is 46.7 Å². The molecule has 0 fully saturated rings. The van der Waals surface area contributed by atoms with E-state index >= 15 is 0 Å². The fraction of sp³-hybridized carbons (Fsp3) is 0.312. The van der Waals surface area contributed by atoms with E-state index in [1.54, 1.807) is 13.8 Å². The van der Waals surface area contributed by atoms with Crippen molar-refractivity contribution in [3.8, 4) is 0 Å². The number of aromatic nitrogens is 2. The fourth-order valence-corrected chi connectivity index (χ4v) is 2.14. The fourth-order valence-electron chi connectivity index (χ4n) is 2.14. The van der Waals surface area contributed by atoms with Crippen LogP contribution in [0.3, 0.4) is 0 Å². The van der Waals surface area contributed by atoms with Crippen molar-refractivity contribution in [3.63, 3.8) is 0 Å². The molecule has 1 aromatic carbocycles. The van der Waals surface area contributed by atoms with Crippen LogP contribution in [0.1, 0.15) is 41.5 Å². The van der Waals surface area contributed by atoms with Crippen LogP contribution in [-0.2, 0) is 12.4 Å². The first-order chi connectivity index (χ1) is 12.3. The van der Waals surface area contributed by atoms with Crippen molar-refractivity contribution in [2.24, 2.45) is 0 Å². The average Bonchev–Trinajstić information content (AvgIpc) is 2.53. The van der Waals surface area contributed by atoms with Crippen molar-refractivity contribution >= 4 is 11.6 Å². The zero-order valence-corrected chi connectivity index (χ0v) is 13.9. The second-order valence-corrected chi connectivity index (χ2v) is 5.84. The molecule has 2 aromatic rings. The molecule has 1 heterocycles. The highest BCUT2D eigenvalue weighted by Crippen LogP contribution is 2.37. The van der Waals surface area contributed by atoms with E-state index in [9.17, 15) is 35.9 Å². The molecule has 0 radical (unpaired) electrons. The summed E-state index contributed by atoms with van der Waals surface area (Å²) in [5, 5.41) is 5.71. The third-order valence-corrected chi connectivity index (χ3v) is 3.39. The number of nitrogens with one attached hydrogen (secondary N) is 1. The predicted molar refractivity (Wildman–Crippen MR) is 83.3 cm³/mol. The third kappa shape index (κ3) is 4.86. The first kappa shape index (κ1) is 20.5. The van der Waals surface area contributed by atoms with Crippen LogP contribution in [0, 0.1) is 0 Å². The number of benzene rings is 1. The molecule has 11 heteroatoms. The Kier molecular flexibility index (Phi) is 5.34. The molecule has 5 nitrogen and oxygen atoms in total. The minimum atomic E-state index is -5.04. The van der Waals surface area contributed by atoms with Crippen molar-refractivity contribution in [2.45, 2.75) is 32.2 Å². The van der Waals surface area contributed by atoms with Gasteiger partial charge in [-0.25, -0.2) is 4.68 Å². The summed E-state index contributed by atoms with van der Waals surface area (Å²) in [4.78, 5) is 23.8. The van der Waals surface area contributed by atoms with Gasteiger partial charge >= 0.3 is 12.4 Å². The lowest BCUT2D eigenvalue weighted by atomic mass is 10.1. The maximum Gasteiger partial charge on any atom is 0.416 e. The topological polar surface area (TPSA) is 64.0 Å². The van der Waals surface area contributed by atoms with E-state index in [-0.39, 0.29) is 11.8 Å². The van der Waals surface area contributed by atoms with Crippen molar-refractivity contribution in [2.75, 3.05) is 5.32 Å². The summed E-state index contributed by atoms with van der Waals surface area (Å²) in [6, 6.07) is 2.35. The molecule has 1 aromatic heterocycles. The van der Waals surface area contributed by atoms with E-state index in [0.717, 1.165) is 16.8 Å². The minimum absolute atomic E-state index is 0.0488. The lowest BCUT2D eigenvalue weighted by Crippen LogP contribution is -2.27. The first-order valence-electron chi connectivity index (χ1n) is 7.49. The highest BCUT2D eigenvalue weighted by Gasteiger charge is 2.37. The molecule has 2 rings (SSSR count). The zero-order chi connectivity index (χ0) is 20.6. The van der Waals surface area contributed by atoms with Crippen molar-refractivity contribution in [1.29, 1.82) is 0 Å². The number of nitrogens with zero attached hydrogens (tertiary/aromatic N) is 2. The van der Waals surface area contributed by atoms with Crippen LogP contribution in [0.2, 0.25) is 0 Å². The van der Waals surface area contributed by atoms with Crippen LogP contribution >= 0.6 is 0 Å². The zero-order valence-electron chi connectivity index (χ0n) is 13.9. The normalized spacial score (nSPS) is 12.3. The van der Waals surface area contributed by atoms with Gasteiger partial charge in [-0.05, 0) is 38.1 Å². The molecule has 0 atom stereocenters. The van der Waals surface area contributed by atoms with Gasteiger partial charge in [-0.15, -0.1) is 0 Å². The number of carbonyl (C=O) groups is 1. The number of amides is 1. The largest absolute Gasteiger partial charge is 0.416 e. The van der Waals surface area contributed by atoms with Crippen molar-refractivity contribution in [1.82, 2.24) is 9.78 Å². The number of hydrogen-bond donors (Lipinski definition) is 1. The lowest BCUT2D eigenvalue weighted by molar-refractivity contribution is -0.143. The van der Waals surface area contributed by atoms with Crippen molar-refractivity contribution < 1.29 is 31.1 Å². The van der Waals surface area contributed by atoms with Crippen LogP contribution < -0.4 is 10.9 Å². The Hall–Kier alpha value is -2.85. The number of alkyl halides is 6. The SMILES string of the molecule is CC(C)n1nc(C(=O)Nc2cc(C(F)(F)F)cc(C(F)(F)F)c2)ccc1=O. The number of carbonyl (C=O) groups excluding carboxylic acids is 1. The van der Waals surface area contributed by atoms with Gasteiger partial charge in [-0.3, -0.25) is 9.59 Å². The van der Waals surface area contributed by atoms with Gasteiger partial charge in [0.1, 0.15) is 5.69 Å². The Balaban J connectivity index is 2.43. The molecule has 0 aliphatic rings. The molecule has 0 aliphatic carbocycles. The summed E-state index contributed by atoms with van der Waals surface area (Å²) in [6.07, 6.45) is -10.1. The standard InChI is InChI=1S/C16H13F6N3O2/c1-8(2)25-13(26)4-3-12(24-25)14(27)23-11-6-9(15(17,18)19)5-10(7-11)16(20,21)22/h3-8H,1-2H3,(H,23,27). The minimum Gasteiger partial charge on any atom is -0.321 e. The van der Waals surface area contributed by atoms with Gasteiger partial charge in [0.25, 0.3) is 11.5 Å². The van der Waals surface area contributed by atoms with E-state index in [1.807, 2.05) is 5.32 Å². The Morgan fingerprint density at radius 1 is 1.00 bits per heavy atom. The highest BCUT2D eigenvalue weighted by molar-refractivity contribution is 6.02. The summed E-state index contributed by atoms with van der Waals surface area (Å²) in [5.41, 5.74) is -4.68. The van der Waals surface area contributed by atoms with E-state index in [0.29, 0.717) is 12.1 Å². The summed E-state index contributed by atoms with van der Waals surface area (Å²) in [6.45, 7) is 3.22. The Morgan fingerprint density at radius 3 is 1.96 bits per heavy atom. The monoisotopic (exact) mass is 393 g/mol. The molecule has 146 valence electrons. The molecule has 1 amide bonds. The van der Waals surface area contributed by atoms with Gasteiger partial charge in [0.15, 0.2) is 0 Å². The maximum atomic E-state index is 12.9. The van der Waals surface area contributed by atoms with E-state index in [2.05, 4.69) is 5.10 Å². The molecule has 0 saturated heterocycles. The van der Waals surface area contributed by atoms with Crippen LogP contribution in [0.25, 0.3) is 0 Å². The van der Waals surface area contributed by atoms with Crippen LogP contribution in [0.15, 0.2) is 35.1 Å². The van der Waals surface area contributed by atoms with Gasteiger partial charge in [-0.2, -0.15) is 31.4 Å². The summed E-state index contributed by atoms with van der Waals surface area (Å²) in [5.74, 6) is -1.06. The van der Waals surface area contributed by atoms with Crippen LogP contribution in [-0.4, -0.2) is 15.7 Å². The average molecular weight is 393 g/mol. The van der Waals surface area contributed by atoms with Crippen LogP contribution in [0.4, 0.5) is 32.0 Å². The maximum absolute atomic E-state index is 12.9. The van der Waals surface area contributed by atoms with Gasteiger partial charge < -0.3 is 5.32 Å². The number of hydrogen-bond acceptors (Lipinski definition) is 3. The number of rotatable bonds is 3. The van der Waals surface area contributed by atoms with Gasteiger partial charge in [0.2, 0.25) is 0 Å². The molecule has 0 aliphatic heterocycles. The smallest absolute Gasteiger partial charge is 0.321 e. The molecular weight excluding hydrogens is 380 g/mol. The Bertz CT molecular complexity index is 883. The van der Waals surface area contributed by atoms with Gasteiger partial charge in [-0.1, -0.05) is 0 Å². The quantitative estimate of drug-likeness (QED) is 0.799. The molecule has 27 heavy (non-hydrogen) atoms. The molecule has 0 saturated carbocycles. The van der Waals surface area contributed by atoms with E-state index in [1.165, 1.54) is 0 Å². The molecular formula is C16H13F6N3O2. The first-order valence-corrected chi connectivity index (χ1v) is 7.49. The second kappa shape index (κ2) is 7.05. The molecule has 0 spiro atoms. The molecule has 0 unspecified atom stereocenters. The lowest BCUT2D eigenvalue weighted by Gasteiger charge is -2.15. The Morgan fingerprint density at radius 2 is 1.52 bits per heavy atom. The number of halogens is 6. The summed E-state index contributed by atoms with van der Waals surface area (Å²) >= 11 is 0. The third-order valence-electron chi connectivity index (χ3n) is 3.39.